The van der Waals surface area contributed by atoms with Gasteiger partial charge >= 0.3 is 0 Å². The summed E-state index contributed by atoms with van der Waals surface area (Å²) in [5.74, 6) is 0.937. The maximum absolute atomic E-state index is 14.2. The van der Waals surface area contributed by atoms with Crippen LogP contribution < -0.4 is 24.4 Å². The lowest BCUT2D eigenvalue weighted by Crippen LogP contribution is -2.38. The zero-order chi connectivity index (χ0) is 32.1. The lowest BCUT2D eigenvalue weighted by molar-refractivity contribution is 0.283. The van der Waals surface area contributed by atoms with Gasteiger partial charge in [-0.1, -0.05) is 90.2 Å². The Labute approximate surface area is 288 Å². The van der Waals surface area contributed by atoms with Crippen LogP contribution in [-0.4, -0.2) is 11.7 Å². The fraction of sp³-hybridized carbons (Fsp3) is 0.128. The predicted octanol–water partition coefficient (Wildman–Crippen LogP) is 7.80. The third-order valence-corrected chi connectivity index (χ3v) is 10.6. The number of nitrogens with zero attached hydrogens (tertiary/aromatic N) is 2. The van der Waals surface area contributed by atoms with Gasteiger partial charge in [0.05, 0.1) is 27.0 Å². The fourth-order valence-electron chi connectivity index (χ4n) is 6.65. The summed E-state index contributed by atoms with van der Waals surface area (Å²) in [4.78, 5) is 19.9. The zero-order valence-electron chi connectivity index (χ0n) is 25.4. The summed E-state index contributed by atoms with van der Waals surface area (Å²) in [6.45, 7) is 0.392. The number of allylic oxidation sites excluding steroid dienone is 1. The molecule has 0 bridgehead atoms. The average Bonchev–Trinajstić information content (AvgIpc) is 3.40. The normalized spacial score (nSPS) is 15.6. The maximum atomic E-state index is 14.2. The van der Waals surface area contributed by atoms with Gasteiger partial charge in [-0.05, 0) is 104 Å². The van der Waals surface area contributed by atoms with Crippen LogP contribution in [0.2, 0.25) is 0 Å². The smallest absolute Gasteiger partial charge is 0.271 e. The molecule has 0 radical (unpaired) electrons. The van der Waals surface area contributed by atoms with E-state index in [2.05, 4.69) is 65.1 Å². The number of hydrogen-bond acceptors (Lipinski definition) is 5. The van der Waals surface area contributed by atoms with Crippen LogP contribution in [0, 0.1) is 9.39 Å². The molecule has 0 N–H and O–H groups in total. The van der Waals surface area contributed by atoms with E-state index in [4.69, 9.17) is 14.5 Å². The van der Waals surface area contributed by atoms with E-state index in [9.17, 15) is 9.18 Å². The molecule has 1 atom stereocenters. The molecular formula is C39H28FIN2O3S. The molecule has 0 unspecified atom stereocenters. The van der Waals surface area contributed by atoms with Gasteiger partial charge in [-0.15, -0.1) is 0 Å². The van der Waals surface area contributed by atoms with Gasteiger partial charge in [-0.25, -0.2) is 9.38 Å². The lowest BCUT2D eigenvalue weighted by Gasteiger charge is -2.30. The van der Waals surface area contributed by atoms with E-state index in [0.717, 1.165) is 55.3 Å². The Morgan fingerprint density at radius 2 is 1.77 bits per heavy atom. The number of aryl methyl sites for hydroxylation is 1. The highest BCUT2D eigenvalue weighted by atomic mass is 127. The number of halogens is 2. The number of thiazole rings is 1. The number of aromatic nitrogens is 1. The highest BCUT2D eigenvalue weighted by molar-refractivity contribution is 14.1. The van der Waals surface area contributed by atoms with Crippen LogP contribution in [-0.2, 0) is 13.0 Å². The first-order chi connectivity index (χ1) is 23.0. The minimum atomic E-state index is -0.364. The molecule has 47 heavy (non-hydrogen) atoms. The molecule has 1 aliphatic carbocycles. The van der Waals surface area contributed by atoms with Gasteiger partial charge in [0.1, 0.15) is 12.4 Å². The second kappa shape index (κ2) is 12.2. The van der Waals surface area contributed by atoms with Crippen LogP contribution in [0.3, 0.4) is 0 Å². The molecule has 5 nitrogen and oxygen atoms in total. The number of ether oxygens (including phenoxy) is 2. The molecule has 8 rings (SSSR count). The quantitative estimate of drug-likeness (QED) is 0.164. The van der Waals surface area contributed by atoms with Crippen LogP contribution in [0.25, 0.3) is 22.5 Å². The molecule has 2 heterocycles. The van der Waals surface area contributed by atoms with Gasteiger partial charge < -0.3 is 9.47 Å². The van der Waals surface area contributed by atoms with Crippen molar-refractivity contribution in [1.29, 1.82) is 0 Å². The lowest BCUT2D eigenvalue weighted by atomic mass is 9.83. The first-order valence-electron chi connectivity index (χ1n) is 15.3. The molecule has 0 fully saturated rings. The predicted molar refractivity (Wildman–Crippen MR) is 193 cm³/mol. The molecule has 232 valence electrons. The van der Waals surface area contributed by atoms with Crippen molar-refractivity contribution >= 4 is 56.5 Å². The Morgan fingerprint density at radius 1 is 0.979 bits per heavy atom. The van der Waals surface area contributed by atoms with Gasteiger partial charge in [0.2, 0.25) is 0 Å². The standard InChI is InChI=1S/C39H28FIN2O3S/c1-45-33-20-23(19-32(41)37(33)46-22-27-10-6-9-24-7-2-4-11-29(24)27)21-34-38(44)43-36(26-13-16-28(40)17-14-26)31-18-15-25-8-3-5-12-30(25)35(31)42-39(43)47-34/h2-14,16-17,19-21,36H,15,18,22H2,1H3/b34-21-/t36-/m0/s1. The third kappa shape index (κ3) is 5.39. The average molecular weight is 751 g/mol. The summed E-state index contributed by atoms with van der Waals surface area (Å²) < 4.78 is 29.3. The summed E-state index contributed by atoms with van der Waals surface area (Å²) in [5, 5.41) is 2.32. The molecule has 0 saturated carbocycles. The van der Waals surface area contributed by atoms with Crippen molar-refractivity contribution in [2.45, 2.75) is 25.5 Å². The minimum absolute atomic E-state index is 0.126. The Hall–Kier alpha value is -4.54. The van der Waals surface area contributed by atoms with Crippen LogP contribution in [0.4, 0.5) is 4.39 Å². The Kier molecular flexibility index (Phi) is 7.77. The van der Waals surface area contributed by atoms with E-state index in [-0.39, 0.29) is 17.4 Å². The van der Waals surface area contributed by atoms with Crippen molar-refractivity contribution in [1.82, 2.24) is 4.57 Å². The van der Waals surface area contributed by atoms with Crippen molar-refractivity contribution in [3.63, 3.8) is 0 Å². The molecule has 0 amide bonds. The van der Waals surface area contributed by atoms with Crippen molar-refractivity contribution in [3.05, 3.63) is 166 Å². The molecule has 2 aliphatic rings. The van der Waals surface area contributed by atoms with E-state index in [1.165, 1.54) is 34.4 Å². The minimum Gasteiger partial charge on any atom is -0.493 e. The SMILES string of the molecule is COc1cc(/C=c2\sc3n(c2=O)[C@@H](c2ccc(F)cc2)C2=C(N=3)c3ccccc3CC2)cc(I)c1OCc1cccc2ccccc12. The third-order valence-electron chi connectivity index (χ3n) is 8.86. The Bertz CT molecular complexity index is 2410. The molecule has 1 aromatic heterocycles. The summed E-state index contributed by atoms with van der Waals surface area (Å²) in [6, 6.07) is 32.8. The van der Waals surface area contributed by atoms with Crippen LogP contribution in [0.1, 0.15) is 40.3 Å². The summed E-state index contributed by atoms with van der Waals surface area (Å²) in [6.07, 6.45) is 3.53. The maximum Gasteiger partial charge on any atom is 0.271 e. The Balaban J connectivity index is 1.20. The van der Waals surface area contributed by atoms with E-state index in [0.29, 0.717) is 27.4 Å². The van der Waals surface area contributed by atoms with Crippen molar-refractivity contribution < 1.29 is 13.9 Å². The highest BCUT2D eigenvalue weighted by Crippen LogP contribution is 2.41. The van der Waals surface area contributed by atoms with E-state index in [1.807, 2.05) is 42.5 Å². The van der Waals surface area contributed by atoms with E-state index < -0.39 is 0 Å². The highest BCUT2D eigenvalue weighted by Gasteiger charge is 2.32. The van der Waals surface area contributed by atoms with Gasteiger partial charge in [-0.2, -0.15) is 0 Å². The van der Waals surface area contributed by atoms with Crippen molar-refractivity contribution in [3.8, 4) is 11.5 Å². The van der Waals surface area contributed by atoms with E-state index in [1.54, 1.807) is 23.8 Å². The molecular weight excluding hydrogens is 722 g/mol. The van der Waals surface area contributed by atoms with E-state index >= 15 is 0 Å². The molecule has 6 aromatic rings. The number of methoxy groups -OCH3 is 1. The van der Waals surface area contributed by atoms with Crippen molar-refractivity contribution in [2.75, 3.05) is 7.11 Å². The number of hydrogen-bond donors (Lipinski definition) is 0. The van der Waals surface area contributed by atoms with Crippen molar-refractivity contribution in [2.24, 2.45) is 4.99 Å². The second-order valence-electron chi connectivity index (χ2n) is 11.6. The summed E-state index contributed by atoms with van der Waals surface area (Å²) >= 11 is 3.63. The number of rotatable bonds is 6. The molecule has 1 aliphatic heterocycles. The van der Waals surface area contributed by atoms with Crippen LogP contribution in [0.5, 0.6) is 11.5 Å². The number of benzene rings is 5. The van der Waals surface area contributed by atoms with Gasteiger partial charge in [-0.3, -0.25) is 9.36 Å². The topological polar surface area (TPSA) is 52.8 Å². The van der Waals surface area contributed by atoms with Gasteiger partial charge in [0, 0.05) is 5.56 Å². The van der Waals surface area contributed by atoms with Crippen LogP contribution >= 0.6 is 33.9 Å². The Morgan fingerprint density at radius 3 is 2.62 bits per heavy atom. The van der Waals surface area contributed by atoms with Gasteiger partial charge in [0.15, 0.2) is 16.3 Å². The summed E-state index contributed by atoms with van der Waals surface area (Å²) in [5.41, 5.74) is 6.99. The fourth-order valence-corrected chi connectivity index (χ4v) is 8.43. The first-order valence-corrected chi connectivity index (χ1v) is 17.2. The molecule has 8 heteroatoms. The van der Waals surface area contributed by atoms with Crippen LogP contribution in [0.15, 0.2) is 118 Å². The first kappa shape index (κ1) is 29.8. The monoisotopic (exact) mass is 750 g/mol. The molecule has 0 saturated heterocycles. The zero-order valence-corrected chi connectivity index (χ0v) is 28.3. The second-order valence-corrected chi connectivity index (χ2v) is 13.8. The largest absolute Gasteiger partial charge is 0.493 e. The summed E-state index contributed by atoms with van der Waals surface area (Å²) in [7, 11) is 1.62. The van der Waals surface area contributed by atoms with Gasteiger partial charge in [0.25, 0.3) is 5.56 Å². The number of fused-ring (bicyclic) bond motifs is 4. The molecule has 0 spiro atoms. The molecule has 5 aromatic carbocycles.